The summed E-state index contributed by atoms with van der Waals surface area (Å²) in [6.07, 6.45) is 1.08. The van der Waals surface area contributed by atoms with E-state index in [-0.39, 0.29) is 5.91 Å². The van der Waals surface area contributed by atoms with Crippen molar-refractivity contribution in [2.24, 2.45) is 0 Å². The first-order valence-corrected chi connectivity index (χ1v) is 8.34. The zero-order valence-corrected chi connectivity index (χ0v) is 13.7. The normalized spacial score (nSPS) is 15.6. The van der Waals surface area contributed by atoms with E-state index in [1.807, 2.05) is 36.1 Å². The van der Waals surface area contributed by atoms with Crippen molar-refractivity contribution in [3.63, 3.8) is 0 Å². The molecule has 120 valence electrons. The third-order valence-electron chi connectivity index (χ3n) is 4.52. The highest BCUT2D eigenvalue weighted by molar-refractivity contribution is 5.94. The van der Waals surface area contributed by atoms with E-state index in [1.165, 1.54) is 11.1 Å². The summed E-state index contributed by atoms with van der Waals surface area (Å²) in [7, 11) is 0. The highest BCUT2D eigenvalue weighted by atomic mass is 16.2. The molecule has 1 aliphatic heterocycles. The fraction of sp³-hybridized carbons (Fsp3) is 0.350. The average molecular weight is 308 g/mol. The maximum atomic E-state index is 12.5. The van der Waals surface area contributed by atoms with E-state index < -0.39 is 0 Å². The maximum absolute atomic E-state index is 12.5. The molecule has 3 heteroatoms. The van der Waals surface area contributed by atoms with Gasteiger partial charge in [-0.2, -0.15) is 0 Å². The van der Waals surface area contributed by atoms with Gasteiger partial charge >= 0.3 is 0 Å². The molecule has 0 saturated carbocycles. The van der Waals surface area contributed by atoms with Crippen LogP contribution in [0.2, 0.25) is 0 Å². The van der Waals surface area contributed by atoms with Crippen LogP contribution in [0.1, 0.15) is 21.5 Å². The second-order valence-electron chi connectivity index (χ2n) is 6.24. The van der Waals surface area contributed by atoms with Crippen LogP contribution in [-0.2, 0) is 6.42 Å². The summed E-state index contributed by atoms with van der Waals surface area (Å²) in [6.45, 7) is 6.67. The number of nitrogens with zero attached hydrogens (tertiary/aromatic N) is 2. The first-order valence-electron chi connectivity index (χ1n) is 8.34. The summed E-state index contributed by atoms with van der Waals surface area (Å²) in [5.74, 6) is 0.160. The molecule has 2 aromatic carbocycles. The molecule has 0 spiro atoms. The van der Waals surface area contributed by atoms with Crippen molar-refractivity contribution in [3.8, 4) is 0 Å². The zero-order valence-electron chi connectivity index (χ0n) is 13.7. The van der Waals surface area contributed by atoms with E-state index >= 15 is 0 Å². The van der Waals surface area contributed by atoms with Crippen LogP contribution in [0.5, 0.6) is 0 Å². The van der Waals surface area contributed by atoms with Crippen molar-refractivity contribution in [1.82, 2.24) is 9.80 Å². The zero-order chi connectivity index (χ0) is 16.1. The summed E-state index contributed by atoms with van der Waals surface area (Å²) >= 11 is 0. The molecule has 1 amide bonds. The van der Waals surface area contributed by atoms with Gasteiger partial charge in [-0.3, -0.25) is 9.69 Å². The molecule has 0 unspecified atom stereocenters. The van der Waals surface area contributed by atoms with Crippen LogP contribution >= 0.6 is 0 Å². The lowest BCUT2D eigenvalue weighted by Gasteiger charge is -2.34. The number of hydrogen-bond donors (Lipinski definition) is 0. The Morgan fingerprint density at radius 2 is 1.57 bits per heavy atom. The van der Waals surface area contributed by atoms with E-state index in [2.05, 4.69) is 35.2 Å². The molecular formula is C20H24N2O. The van der Waals surface area contributed by atoms with Crippen LogP contribution in [0.3, 0.4) is 0 Å². The van der Waals surface area contributed by atoms with E-state index in [4.69, 9.17) is 0 Å². The SMILES string of the molecule is Cc1ccc(C(=O)N2CCN(CCc3ccccc3)CC2)cc1. The monoisotopic (exact) mass is 308 g/mol. The van der Waals surface area contributed by atoms with E-state index in [1.54, 1.807) is 0 Å². The van der Waals surface area contributed by atoms with Gasteiger partial charge in [0.25, 0.3) is 5.91 Å². The number of hydrogen-bond acceptors (Lipinski definition) is 2. The van der Waals surface area contributed by atoms with Crippen LogP contribution in [0, 0.1) is 6.92 Å². The van der Waals surface area contributed by atoms with Crippen LogP contribution in [0.4, 0.5) is 0 Å². The lowest BCUT2D eigenvalue weighted by Crippen LogP contribution is -2.49. The predicted molar refractivity (Wildman–Crippen MR) is 93.7 cm³/mol. The topological polar surface area (TPSA) is 23.6 Å². The Bertz CT molecular complexity index is 628. The van der Waals surface area contributed by atoms with Gasteiger partial charge in [0.15, 0.2) is 0 Å². The van der Waals surface area contributed by atoms with Gasteiger partial charge in [0.05, 0.1) is 0 Å². The van der Waals surface area contributed by atoms with E-state index in [0.717, 1.165) is 44.7 Å². The van der Waals surface area contributed by atoms with Gasteiger partial charge in [0, 0.05) is 38.3 Å². The third kappa shape index (κ3) is 4.20. The minimum absolute atomic E-state index is 0.160. The maximum Gasteiger partial charge on any atom is 0.253 e. The largest absolute Gasteiger partial charge is 0.336 e. The minimum Gasteiger partial charge on any atom is -0.336 e. The Balaban J connectivity index is 1.48. The summed E-state index contributed by atoms with van der Waals surface area (Å²) in [5.41, 5.74) is 3.37. The van der Waals surface area contributed by atoms with Gasteiger partial charge in [0.2, 0.25) is 0 Å². The number of carbonyl (C=O) groups excluding carboxylic acids is 1. The van der Waals surface area contributed by atoms with Crippen LogP contribution in [-0.4, -0.2) is 48.4 Å². The molecule has 0 atom stereocenters. The standard InChI is InChI=1S/C20H24N2O/c1-17-7-9-19(10-8-17)20(23)22-15-13-21(14-16-22)12-11-18-5-3-2-4-6-18/h2-10H,11-16H2,1H3. The van der Waals surface area contributed by atoms with Crippen LogP contribution < -0.4 is 0 Å². The fourth-order valence-electron chi connectivity index (χ4n) is 2.99. The molecule has 1 heterocycles. The molecule has 3 rings (SSSR count). The third-order valence-corrected chi connectivity index (χ3v) is 4.52. The molecule has 1 aliphatic rings. The van der Waals surface area contributed by atoms with Crippen LogP contribution in [0.25, 0.3) is 0 Å². The number of carbonyl (C=O) groups is 1. The number of amides is 1. The van der Waals surface area contributed by atoms with Crippen molar-refractivity contribution in [3.05, 3.63) is 71.3 Å². The van der Waals surface area contributed by atoms with E-state index in [9.17, 15) is 4.79 Å². The lowest BCUT2D eigenvalue weighted by molar-refractivity contribution is 0.0638. The van der Waals surface area contributed by atoms with Crippen molar-refractivity contribution in [1.29, 1.82) is 0 Å². The Labute approximate surface area is 138 Å². The van der Waals surface area contributed by atoms with Gasteiger partial charge in [-0.15, -0.1) is 0 Å². The molecule has 0 aliphatic carbocycles. The summed E-state index contributed by atoms with van der Waals surface area (Å²) in [6, 6.07) is 18.5. The van der Waals surface area contributed by atoms with Crippen molar-refractivity contribution in [2.75, 3.05) is 32.7 Å². The molecule has 0 radical (unpaired) electrons. The van der Waals surface area contributed by atoms with Gasteiger partial charge in [0.1, 0.15) is 0 Å². The molecular weight excluding hydrogens is 284 g/mol. The smallest absolute Gasteiger partial charge is 0.253 e. The van der Waals surface area contributed by atoms with Gasteiger partial charge < -0.3 is 4.90 Å². The van der Waals surface area contributed by atoms with E-state index in [0.29, 0.717) is 0 Å². The molecule has 1 fully saturated rings. The summed E-state index contributed by atoms with van der Waals surface area (Å²) < 4.78 is 0. The molecule has 3 nitrogen and oxygen atoms in total. The Hall–Kier alpha value is -2.13. The fourth-order valence-corrected chi connectivity index (χ4v) is 2.99. The summed E-state index contributed by atoms with van der Waals surface area (Å²) in [4.78, 5) is 16.9. The average Bonchev–Trinajstić information content (AvgIpc) is 2.61. The number of piperazine rings is 1. The molecule has 23 heavy (non-hydrogen) atoms. The lowest BCUT2D eigenvalue weighted by atomic mass is 10.1. The number of rotatable bonds is 4. The molecule has 0 bridgehead atoms. The highest BCUT2D eigenvalue weighted by Crippen LogP contribution is 2.11. The van der Waals surface area contributed by atoms with Crippen molar-refractivity contribution < 1.29 is 4.79 Å². The molecule has 2 aromatic rings. The number of benzene rings is 2. The first kappa shape index (κ1) is 15.8. The van der Waals surface area contributed by atoms with Gasteiger partial charge in [-0.25, -0.2) is 0 Å². The quantitative estimate of drug-likeness (QED) is 0.867. The van der Waals surface area contributed by atoms with Crippen molar-refractivity contribution >= 4 is 5.91 Å². The van der Waals surface area contributed by atoms with Gasteiger partial charge in [-0.05, 0) is 31.0 Å². The van der Waals surface area contributed by atoms with Crippen LogP contribution in [0.15, 0.2) is 54.6 Å². The van der Waals surface area contributed by atoms with Crippen molar-refractivity contribution in [2.45, 2.75) is 13.3 Å². The predicted octanol–water partition coefficient (Wildman–Crippen LogP) is 3.00. The molecule has 0 aromatic heterocycles. The van der Waals surface area contributed by atoms with Gasteiger partial charge in [-0.1, -0.05) is 48.0 Å². The Kier molecular flexibility index (Phi) is 5.09. The first-order chi connectivity index (χ1) is 11.2. The Morgan fingerprint density at radius 3 is 2.22 bits per heavy atom. The number of aryl methyl sites for hydroxylation is 1. The minimum atomic E-state index is 0.160. The Morgan fingerprint density at radius 1 is 0.913 bits per heavy atom. The molecule has 0 N–H and O–H groups in total. The second kappa shape index (κ2) is 7.42. The molecule has 1 saturated heterocycles. The highest BCUT2D eigenvalue weighted by Gasteiger charge is 2.21. The second-order valence-corrected chi connectivity index (χ2v) is 6.24. The summed E-state index contributed by atoms with van der Waals surface area (Å²) in [5, 5.41) is 0.